The van der Waals surface area contributed by atoms with E-state index in [4.69, 9.17) is 21.4 Å². The lowest BCUT2D eigenvalue weighted by Gasteiger charge is -2.30. The number of carbonyl (C=O) groups excluding carboxylic acids is 1. The molecule has 0 unspecified atom stereocenters. The van der Waals surface area contributed by atoms with Gasteiger partial charge in [0, 0.05) is 18.1 Å². The molecule has 0 fully saturated rings. The third-order valence-electron chi connectivity index (χ3n) is 5.52. The Hall–Kier alpha value is -3.38. The molecule has 5 nitrogen and oxygen atoms in total. The van der Waals surface area contributed by atoms with Gasteiger partial charge in [0.25, 0.3) is 0 Å². The van der Waals surface area contributed by atoms with Gasteiger partial charge in [0.1, 0.15) is 12.4 Å². The SMILES string of the molecule is O=C(O)Cc1ccc(-c2ccc(F)c3c2CN(C(=O)OCc2ccccc2)CC3)cc1Cl. The molecule has 1 aliphatic heterocycles. The van der Waals surface area contributed by atoms with Crippen molar-refractivity contribution < 1.29 is 23.8 Å². The first-order chi connectivity index (χ1) is 15.4. The van der Waals surface area contributed by atoms with Crippen LogP contribution in [0.25, 0.3) is 11.1 Å². The number of nitrogens with zero attached hydrogens (tertiary/aromatic N) is 1. The first kappa shape index (κ1) is 21.8. The zero-order valence-corrected chi connectivity index (χ0v) is 17.9. The molecule has 1 N–H and O–H groups in total. The van der Waals surface area contributed by atoms with Crippen molar-refractivity contribution >= 4 is 23.7 Å². The van der Waals surface area contributed by atoms with Gasteiger partial charge in [-0.2, -0.15) is 0 Å². The van der Waals surface area contributed by atoms with E-state index in [1.165, 1.54) is 6.07 Å². The van der Waals surface area contributed by atoms with Gasteiger partial charge in [0.15, 0.2) is 0 Å². The molecule has 1 heterocycles. The second kappa shape index (κ2) is 9.40. The van der Waals surface area contributed by atoms with E-state index in [2.05, 4.69) is 0 Å². The predicted molar refractivity (Wildman–Crippen MR) is 119 cm³/mol. The van der Waals surface area contributed by atoms with Crippen LogP contribution in [0.1, 0.15) is 22.3 Å². The fraction of sp³-hybridized carbons (Fsp3) is 0.200. The molecule has 0 spiro atoms. The van der Waals surface area contributed by atoms with Crippen molar-refractivity contribution in [3.63, 3.8) is 0 Å². The van der Waals surface area contributed by atoms with E-state index in [1.807, 2.05) is 30.3 Å². The fourth-order valence-electron chi connectivity index (χ4n) is 3.89. The second-order valence-electron chi connectivity index (χ2n) is 7.64. The average Bonchev–Trinajstić information content (AvgIpc) is 2.79. The maximum atomic E-state index is 14.5. The summed E-state index contributed by atoms with van der Waals surface area (Å²) in [6, 6.07) is 17.6. The molecule has 0 bridgehead atoms. The van der Waals surface area contributed by atoms with Crippen molar-refractivity contribution in [2.45, 2.75) is 26.0 Å². The standard InChI is InChI=1S/C25H21ClFNO4/c26-22-12-17(6-7-18(22)13-24(29)30)19-8-9-23(27)20-10-11-28(14-21(19)20)25(31)32-15-16-4-2-1-3-5-16/h1-9,12H,10-11,13-15H2,(H,29,30). The maximum Gasteiger partial charge on any atom is 0.410 e. The zero-order valence-electron chi connectivity index (χ0n) is 17.2. The first-order valence-corrected chi connectivity index (χ1v) is 10.6. The molecule has 7 heteroatoms. The van der Waals surface area contributed by atoms with Crippen molar-refractivity contribution in [1.29, 1.82) is 0 Å². The summed E-state index contributed by atoms with van der Waals surface area (Å²) in [6.07, 6.45) is -0.258. The number of carboxylic acids is 1. The predicted octanol–water partition coefficient (Wildman–Crippen LogP) is 5.47. The van der Waals surface area contributed by atoms with Crippen LogP contribution in [0.15, 0.2) is 60.7 Å². The number of carboxylic acid groups (broad SMARTS) is 1. The van der Waals surface area contributed by atoms with Gasteiger partial charge in [-0.05, 0) is 51.9 Å². The van der Waals surface area contributed by atoms with Crippen LogP contribution in [-0.2, 0) is 35.5 Å². The highest BCUT2D eigenvalue weighted by Gasteiger charge is 2.26. The van der Waals surface area contributed by atoms with Gasteiger partial charge < -0.3 is 14.7 Å². The number of fused-ring (bicyclic) bond motifs is 1. The average molecular weight is 454 g/mol. The topological polar surface area (TPSA) is 66.8 Å². The number of amides is 1. The van der Waals surface area contributed by atoms with E-state index < -0.39 is 12.1 Å². The van der Waals surface area contributed by atoms with Crippen molar-refractivity contribution in [3.05, 3.63) is 93.8 Å². The van der Waals surface area contributed by atoms with E-state index >= 15 is 0 Å². The minimum absolute atomic E-state index is 0.166. The van der Waals surface area contributed by atoms with Crippen molar-refractivity contribution in [2.24, 2.45) is 0 Å². The molecule has 0 radical (unpaired) electrons. The molecule has 1 aliphatic rings. The van der Waals surface area contributed by atoms with Gasteiger partial charge in [0.05, 0.1) is 6.42 Å². The highest BCUT2D eigenvalue weighted by Crippen LogP contribution is 2.34. The second-order valence-corrected chi connectivity index (χ2v) is 8.05. The minimum atomic E-state index is -0.969. The maximum absolute atomic E-state index is 14.5. The van der Waals surface area contributed by atoms with Gasteiger partial charge >= 0.3 is 12.1 Å². The monoisotopic (exact) mass is 453 g/mol. The Kier molecular flexibility index (Phi) is 6.42. The Bertz CT molecular complexity index is 1170. The number of benzene rings is 3. The molecular formula is C25H21ClFNO4. The summed E-state index contributed by atoms with van der Waals surface area (Å²) in [4.78, 5) is 25.2. The molecule has 3 aromatic rings. The number of carbonyl (C=O) groups is 2. The van der Waals surface area contributed by atoms with Crippen LogP contribution < -0.4 is 0 Å². The highest BCUT2D eigenvalue weighted by atomic mass is 35.5. The smallest absolute Gasteiger partial charge is 0.410 e. The molecular weight excluding hydrogens is 433 g/mol. The van der Waals surface area contributed by atoms with Gasteiger partial charge in [-0.3, -0.25) is 4.79 Å². The van der Waals surface area contributed by atoms with Crippen molar-refractivity contribution in [2.75, 3.05) is 6.54 Å². The Morgan fingerprint density at radius 3 is 2.56 bits per heavy atom. The van der Waals surface area contributed by atoms with Crippen LogP contribution in [0.2, 0.25) is 5.02 Å². The molecule has 0 saturated carbocycles. The van der Waals surface area contributed by atoms with Crippen LogP contribution in [0.3, 0.4) is 0 Å². The van der Waals surface area contributed by atoms with Crippen LogP contribution >= 0.6 is 11.6 Å². The quantitative estimate of drug-likeness (QED) is 0.556. The number of ether oxygens (including phenoxy) is 1. The van der Waals surface area contributed by atoms with Gasteiger partial charge in [-0.25, -0.2) is 9.18 Å². The van der Waals surface area contributed by atoms with E-state index in [-0.39, 0.29) is 25.4 Å². The van der Waals surface area contributed by atoms with Crippen LogP contribution in [-0.4, -0.2) is 28.6 Å². The number of rotatable bonds is 5. The lowest BCUT2D eigenvalue weighted by atomic mass is 9.90. The summed E-state index contributed by atoms with van der Waals surface area (Å²) in [7, 11) is 0. The van der Waals surface area contributed by atoms with Crippen LogP contribution in [0, 0.1) is 5.82 Å². The number of aliphatic carboxylic acids is 1. The summed E-state index contributed by atoms with van der Waals surface area (Å²) in [5.41, 5.74) is 4.16. The van der Waals surface area contributed by atoms with Gasteiger partial charge in [-0.1, -0.05) is 60.1 Å². The Balaban J connectivity index is 1.57. The number of halogens is 2. The summed E-state index contributed by atoms with van der Waals surface area (Å²) >= 11 is 6.29. The Morgan fingerprint density at radius 1 is 1.06 bits per heavy atom. The Labute approximate surface area is 190 Å². The van der Waals surface area contributed by atoms with E-state index in [9.17, 15) is 14.0 Å². The summed E-state index contributed by atoms with van der Waals surface area (Å²) < 4.78 is 20.0. The summed E-state index contributed by atoms with van der Waals surface area (Å²) in [6.45, 7) is 0.740. The molecule has 0 saturated heterocycles. The Morgan fingerprint density at radius 2 is 1.84 bits per heavy atom. The summed E-state index contributed by atoms with van der Waals surface area (Å²) in [5, 5.41) is 9.35. The normalized spacial score (nSPS) is 12.9. The number of hydrogen-bond donors (Lipinski definition) is 1. The van der Waals surface area contributed by atoms with E-state index in [1.54, 1.807) is 29.2 Å². The molecule has 32 heavy (non-hydrogen) atoms. The lowest BCUT2D eigenvalue weighted by molar-refractivity contribution is -0.136. The first-order valence-electron chi connectivity index (χ1n) is 10.2. The summed E-state index contributed by atoms with van der Waals surface area (Å²) in [5.74, 6) is -1.28. The van der Waals surface area contributed by atoms with Gasteiger partial charge in [-0.15, -0.1) is 0 Å². The highest BCUT2D eigenvalue weighted by molar-refractivity contribution is 6.31. The van der Waals surface area contributed by atoms with Crippen molar-refractivity contribution in [1.82, 2.24) is 4.90 Å². The zero-order chi connectivity index (χ0) is 22.7. The molecule has 164 valence electrons. The van der Waals surface area contributed by atoms with Gasteiger partial charge in [0.2, 0.25) is 0 Å². The third-order valence-corrected chi connectivity index (χ3v) is 5.88. The largest absolute Gasteiger partial charge is 0.481 e. The molecule has 0 atom stereocenters. The molecule has 3 aromatic carbocycles. The molecule has 0 aliphatic carbocycles. The van der Waals surface area contributed by atoms with Crippen molar-refractivity contribution in [3.8, 4) is 11.1 Å². The molecule has 4 rings (SSSR count). The van der Waals surface area contributed by atoms with E-state index in [0.29, 0.717) is 34.7 Å². The van der Waals surface area contributed by atoms with Crippen LogP contribution in [0.4, 0.5) is 9.18 Å². The minimum Gasteiger partial charge on any atom is -0.481 e. The lowest BCUT2D eigenvalue weighted by Crippen LogP contribution is -2.37. The molecule has 0 aromatic heterocycles. The fourth-order valence-corrected chi connectivity index (χ4v) is 4.14. The molecule has 1 amide bonds. The third kappa shape index (κ3) is 4.75. The number of hydrogen-bond acceptors (Lipinski definition) is 3. The van der Waals surface area contributed by atoms with E-state index in [0.717, 1.165) is 16.7 Å². The van der Waals surface area contributed by atoms with Crippen LogP contribution in [0.5, 0.6) is 0 Å².